The van der Waals surface area contributed by atoms with Gasteiger partial charge in [-0.2, -0.15) is 5.10 Å². The second-order valence-electron chi connectivity index (χ2n) is 5.71. The van der Waals surface area contributed by atoms with E-state index in [1.54, 1.807) is 0 Å². The van der Waals surface area contributed by atoms with Crippen LogP contribution in [0.25, 0.3) is 0 Å². The Hall–Kier alpha value is -0.910. The molecule has 1 aliphatic rings. The normalized spacial score (nSPS) is 19.6. The first-order valence-electron chi connectivity index (χ1n) is 7.17. The predicted octanol–water partition coefficient (Wildman–Crippen LogP) is 1.40. The number of ether oxygens (including phenoxy) is 1. The van der Waals surface area contributed by atoms with Crippen molar-refractivity contribution in [3.05, 3.63) is 18.0 Å². The van der Waals surface area contributed by atoms with Crippen molar-refractivity contribution < 1.29 is 4.74 Å². The Morgan fingerprint density at radius 3 is 2.74 bits per heavy atom. The summed E-state index contributed by atoms with van der Waals surface area (Å²) in [5, 5.41) is 4.38. The third kappa shape index (κ3) is 2.99. The summed E-state index contributed by atoms with van der Waals surface area (Å²) < 4.78 is 7.46. The van der Waals surface area contributed by atoms with Gasteiger partial charge in [0, 0.05) is 31.4 Å². The summed E-state index contributed by atoms with van der Waals surface area (Å²) in [6, 6.07) is 2.00. The lowest BCUT2D eigenvalue weighted by atomic mass is 9.90. The van der Waals surface area contributed by atoms with Gasteiger partial charge in [-0.05, 0) is 26.3 Å². The minimum absolute atomic E-state index is 0.0420. The predicted molar refractivity (Wildman–Crippen MR) is 75.9 cm³/mol. The summed E-state index contributed by atoms with van der Waals surface area (Å²) in [7, 11) is 0. The Balaban J connectivity index is 2.16. The fourth-order valence-corrected chi connectivity index (χ4v) is 2.70. The summed E-state index contributed by atoms with van der Waals surface area (Å²) in [6.45, 7) is 11.0. The van der Waals surface area contributed by atoms with Gasteiger partial charge in [0.1, 0.15) is 0 Å². The maximum atomic E-state index is 6.54. The van der Waals surface area contributed by atoms with Gasteiger partial charge in [-0.15, -0.1) is 0 Å². The van der Waals surface area contributed by atoms with E-state index in [-0.39, 0.29) is 11.6 Å². The standard InChI is InChI=1S/C14H26N4O/c1-4-7-18-12(5-6-16-18)13(15)14(2,3)17-8-10-19-11-9-17/h5-6,13H,4,7-11,15H2,1-3H3. The van der Waals surface area contributed by atoms with Crippen LogP contribution >= 0.6 is 0 Å². The van der Waals surface area contributed by atoms with E-state index in [2.05, 4.69) is 30.8 Å². The topological polar surface area (TPSA) is 56.3 Å². The molecule has 0 bridgehead atoms. The SMILES string of the molecule is CCCn1nccc1C(N)C(C)(C)N1CCOCC1. The van der Waals surface area contributed by atoms with Crippen LogP contribution in [-0.4, -0.2) is 46.5 Å². The molecule has 0 amide bonds. The van der Waals surface area contributed by atoms with Crippen LogP contribution < -0.4 is 5.73 Å². The van der Waals surface area contributed by atoms with Gasteiger partial charge in [-0.1, -0.05) is 6.92 Å². The van der Waals surface area contributed by atoms with Gasteiger partial charge in [0.2, 0.25) is 0 Å². The zero-order valence-electron chi connectivity index (χ0n) is 12.3. The number of hydrogen-bond acceptors (Lipinski definition) is 4. The fraction of sp³-hybridized carbons (Fsp3) is 0.786. The van der Waals surface area contributed by atoms with Crippen molar-refractivity contribution in [3.63, 3.8) is 0 Å². The van der Waals surface area contributed by atoms with Crippen LogP contribution in [-0.2, 0) is 11.3 Å². The molecule has 0 aliphatic carbocycles. The molecule has 1 aliphatic heterocycles. The highest BCUT2D eigenvalue weighted by atomic mass is 16.5. The Bertz CT molecular complexity index is 396. The number of nitrogens with zero attached hydrogens (tertiary/aromatic N) is 3. The quantitative estimate of drug-likeness (QED) is 0.875. The van der Waals surface area contributed by atoms with Gasteiger partial charge < -0.3 is 10.5 Å². The van der Waals surface area contributed by atoms with E-state index < -0.39 is 0 Å². The number of rotatable bonds is 5. The number of morpholine rings is 1. The molecule has 1 saturated heterocycles. The maximum Gasteiger partial charge on any atom is 0.0648 e. The van der Waals surface area contributed by atoms with Gasteiger partial charge >= 0.3 is 0 Å². The highest BCUT2D eigenvalue weighted by Crippen LogP contribution is 2.29. The molecule has 2 N–H and O–H groups in total. The molecule has 1 atom stereocenters. The fourth-order valence-electron chi connectivity index (χ4n) is 2.70. The summed E-state index contributed by atoms with van der Waals surface area (Å²) in [5.74, 6) is 0. The lowest BCUT2D eigenvalue weighted by molar-refractivity contribution is -0.0199. The second-order valence-corrected chi connectivity index (χ2v) is 5.71. The summed E-state index contributed by atoms with van der Waals surface area (Å²) in [4.78, 5) is 2.42. The Kier molecular flexibility index (Phi) is 4.60. The van der Waals surface area contributed by atoms with Crippen molar-refractivity contribution in [2.45, 2.75) is 45.3 Å². The largest absolute Gasteiger partial charge is 0.379 e. The van der Waals surface area contributed by atoms with Gasteiger partial charge in [0.15, 0.2) is 0 Å². The highest BCUT2D eigenvalue weighted by molar-refractivity contribution is 5.13. The summed E-state index contributed by atoms with van der Waals surface area (Å²) >= 11 is 0. The van der Waals surface area contributed by atoms with E-state index >= 15 is 0 Å². The lowest BCUT2D eigenvalue weighted by Crippen LogP contribution is -2.55. The van der Waals surface area contributed by atoms with Crippen molar-refractivity contribution in [3.8, 4) is 0 Å². The Morgan fingerprint density at radius 1 is 1.42 bits per heavy atom. The van der Waals surface area contributed by atoms with E-state index in [0.29, 0.717) is 0 Å². The van der Waals surface area contributed by atoms with Gasteiger partial charge in [0.05, 0.1) is 24.9 Å². The van der Waals surface area contributed by atoms with Crippen LogP contribution in [0.4, 0.5) is 0 Å². The smallest absolute Gasteiger partial charge is 0.0648 e. The van der Waals surface area contributed by atoms with Crippen molar-refractivity contribution >= 4 is 0 Å². The molecule has 19 heavy (non-hydrogen) atoms. The molecule has 0 spiro atoms. The monoisotopic (exact) mass is 266 g/mol. The zero-order valence-corrected chi connectivity index (χ0v) is 12.3. The minimum atomic E-state index is -0.0880. The third-order valence-corrected chi connectivity index (χ3v) is 4.09. The molecule has 108 valence electrons. The summed E-state index contributed by atoms with van der Waals surface area (Å²) in [6.07, 6.45) is 2.92. The molecule has 2 heterocycles. The van der Waals surface area contributed by atoms with Crippen LogP contribution in [0.5, 0.6) is 0 Å². The molecule has 1 aromatic rings. The van der Waals surface area contributed by atoms with Gasteiger partial charge in [-0.3, -0.25) is 9.58 Å². The molecule has 1 unspecified atom stereocenters. The van der Waals surface area contributed by atoms with E-state index in [1.165, 1.54) is 0 Å². The molecule has 2 rings (SSSR count). The van der Waals surface area contributed by atoms with Crippen LogP contribution in [0, 0.1) is 0 Å². The van der Waals surface area contributed by atoms with Crippen LogP contribution in [0.3, 0.4) is 0 Å². The Labute approximate surface area is 115 Å². The maximum absolute atomic E-state index is 6.54. The third-order valence-electron chi connectivity index (χ3n) is 4.09. The van der Waals surface area contributed by atoms with Crippen molar-refractivity contribution in [1.82, 2.24) is 14.7 Å². The molecular weight excluding hydrogens is 240 g/mol. The van der Waals surface area contributed by atoms with Crippen LogP contribution in [0.15, 0.2) is 12.3 Å². The molecule has 5 heteroatoms. The highest BCUT2D eigenvalue weighted by Gasteiger charge is 2.36. The van der Waals surface area contributed by atoms with Gasteiger partial charge in [0.25, 0.3) is 0 Å². The minimum Gasteiger partial charge on any atom is -0.379 e. The second kappa shape index (κ2) is 6.03. The van der Waals surface area contributed by atoms with Crippen molar-refractivity contribution in [2.24, 2.45) is 5.73 Å². The molecule has 0 radical (unpaired) electrons. The molecule has 5 nitrogen and oxygen atoms in total. The molecule has 0 saturated carbocycles. The van der Waals surface area contributed by atoms with E-state index in [4.69, 9.17) is 10.5 Å². The lowest BCUT2D eigenvalue weighted by Gasteiger charge is -2.44. The first-order chi connectivity index (χ1) is 9.07. The van der Waals surface area contributed by atoms with E-state index in [1.807, 2.05) is 16.9 Å². The average Bonchev–Trinajstić information content (AvgIpc) is 2.87. The van der Waals surface area contributed by atoms with Crippen LogP contribution in [0.2, 0.25) is 0 Å². The van der Waals surface area contributed by atoms with Crippen molar-refractivity contribution in [1.29, 1.82) is 0 Å². The molecule has 1 fully saturated rings. The average molecular weight is 266 g/mol. The van der Waals surface area contributed by atoms with Crippen molar-refractivity contribution in [2.75, 3.05) is 26.3 Å². The van der Waals surface area contributed by atoms with Gasteiger partial charge in [-0.25, -0.2) is 0 Å². The van der Waals surface area contributed by atoms with Crippen LogP contribution in [0.1, 0.15) is 38.9 Å². The molecular formula is C14H26N4O. The number of aromatic nitrogens is 2. The molecule has 0 aromatic carbocycles. The number of hydrogen-bond donors (Lipinski definition) is 1. The summed E-state index contributed by atoms with van der Waals surface area (Å²) in [5.41, 5.74) is 7.57. The van der Waals surface area contributed by atoms with E-state index in [0.717, 1.165) is 45.0 Å². The number of nitrogens with two attached hydrogens (primary N) is 1. The Morgan fingerprint density at radius 2 is 2.11 bits per heavy atom. The zero-order chi connectivity index (χ0) is 13.9. The number of aryl methyl sites for hydroxylation is 1. The first-order valence-corrected chi connectivity index (χ1v) is 7.17. The first kappa shape index (κ1) is 14.5. The molecule has 1 aromatic heterocycles. The van der Waals surface area contributed by atoms with E-state index in [9.17, 15) is 0 Å².